The van der Waals surface area contributed by atoms with E-state index in [1.54, 1.807) is 18.2 Å². The standard InChI is InChI=1S/C68H50BN5O.Pt/c1-48-22-19-27-54(44-48)60-35-21-34-59(52-42-40-51(41-43-52)50-23-7-3-8-24-50)67(60)72-47-71(61-36-15-16-37-62(61)72)57-32-20-33-58(46-57)75-68-66(53-25-9-4-10-26-53)49(2)45-65(70-68)74-64-39-18-17-38-63(64)73(56-30-13-6-14-31-56)69(74)55-28-11-5-12-29-55;/h3-46H,1-2H3;/i1D3,2D3;. The first-order valence-corrected chi connectivity index (χ1v) is 26.3. The summed E-state index contributed by atoms with van der Waals surface area (Å²) in [6.07, 6.45) is 0. The van der Waals surface area contributed by atoms with Crippen molar-refractivity contribution in [3.63, 3.8) is 0 Å². The quantitative estimate of drug-likeness (QED) is 0.121. The minimum absolute atomic E-state index is 0.0953. The second-order valence-electron chi connectivity index (χ2n) is 18.6. The van der Waals surface area contributed by atoms with Crippen LogP contribution in [0.25, 0.3) is 66.9 Å². The van der Waals surface area contributed by atoms with Crippen molar-refractivity contribution in [2.24, 2.45) is 0 Å². The SMILES string of the molecule is [2H]C([2H])([2H])c1cccc(-c2cccc(-c3ccc(-c4ccccc4)cc3)c2-n2[c](=[Pt])n(-c3cccc(Oc4nc(N5B(c6ccccc6)N(c6ccccc6)c6ccccc65)cc(C([2H])([2H])[2H])c4-c4ccccc4)c3)c3ccccc32)c1. The number of fused-ring (bicyclic) bond motifs is 2. The van der Waals surface area contributed by atoms with Gasteiger partial charge in [0, 0.05) is 5.69 Å². The molecule has 0 radical (unpaired) electrons. The van der Waals surface area contributed by atoms with E-state index in [1.807, 2.05) is 158 Å². The summed E-state index contributed by atoms with van der Waals surface area (Å²) < 4.78 is 65.0. The molecule has 0 atom stereocenters. The zero-order chi connectivity index (χ0) is 56.1. The van der Waals surface area contributed by atoms with Gasteiger partial charge in [-0.3, -0.25) is 0 Å². The van der Waals surface area contributed by atoms with Crippen LogP contribution in [-0.4, -0.2) is 21.1 Å². The van der Waals surface area contributed by atoms with E-state index in [2.05, 4.69) is 129 Å². The third kappa shape index (κ3) is 8.49. The molecule has 8 heteroatoms. The molecule has 0 amide bonds. The third-order valence-electron chi connectivity index (χ3n) is 14.0. The molecule has 1 aliphatic rings. The zero-order valence-corrected chi connectivity index (χ0v) is 43.2. The van der Waals surface area contributed by atoms with Crippen LogP contribution < -0.4 is 19.8 Å². The van der Waals surface area contributed by atoms with Crippen molar-refractivity contribution in [1.29, 1.82) is 0 Å². The Kier molecular flexibility index (Phi) is 10.6. The van der Waals surface area contributed by atoms with Gasteiger partial charge in [0.25, 0.3) is 0 Å². The van der Waals surface area contributed by atoms with Crippen LogP contribution in [0.15, 0.2) is 267 Å². The average molecular weight is 1170 g/mol. The molecule has 0 spiro atoms. The summed E-state index contributed by atoms with van der Waals surface area (Å²) in [6, 6.07) is 88.0. The molecule has 0 saturated carbocycles. The fraction of sp³-hybridized carbons (Fsp3) is 0.0294. The van der Waals surface area contributed by atoms with E-state index < -0.39 is 20.7 Å². The summed E-state index contributed by atoms with van der Waals surface area (Å²) in [5, 5.41) is 0. The Morgan fingerprint density at radius 2 is 1.00 bits per heavy atom. The van der Waals surface area contributed by atoms with Crippen molar-refractivity contribution >= 4 is 46.4 Å². The number of aryl methyl sites for hydroxylation is 2. The van der Waals surface area contributed by atoms with Gasteiger partial charge in [-0.25, -0.2) is 0 Å². The number of nitrogens with zero attached hydrogens (tertiary/aromatic N) is 5. The van der Waals surface area contributed by atoms with Crippen molar-refractivity contribution in [2.75, 3.05) is 9.62 Å². The van der Waals surface area contributed by atoms with E-state index in [9.17, 15) is 4.11 Å². The molecule has 10 aromatic carbocycles. The molecule has 0 N–H and O–H groups in total. The molecule has 13 rings (SSSR count). The Hall–Kier alpha value is -9.03. The number of anilines is 4. The van der Waals surface area contributed by atoms with E-state index in [0.717, 1.165) is 82.1 Å². The summed E-state index contributed by atoms with van der Waals surface area (Å²) in [6.45, 7) is -5.37. The monoisotopic (exact) mass is 1160 g/mol. The first-order chi connectivity index (χ1) is 39.9. The average Bonchev–Trinajstić information content (AvgIpc) is 3.34. The summed E-state index contributed by atoms with van der Waals surface area (Å²) in [5.41, 5.74) is 14.3. The summed E-state index contributed by atoms with van der Waals surface area (Å²) in [7, 11) is 0. The molecule has 1 aliphatic heterocycles. The molecule has 0 fully saturated rings. The number of benzene rings is 10. The van der Waals surface area contributed by atoms with Crippen molar-refractivity contribution in [2.45, 2.75) is 13.7 Å². The normalized spacial score (nSPS) is 13.6. The van der Waals surface area contributed by atoms with Crippen LogP contribution >= 0.6 is 0 Å². The van der Waals surface area contributed by atoms with Gasteiger partial charge in [0.1, 0.15) is 0 Å². The number of aromatic nitrogens is 3. The van der Waals surface area contributed by atoms with Crippen LogP contribution in [0.2, 0.25) is 0 Å². The Morgan fingerprint density at radius 1 is 0.447 bits per heavy atom. The van der Waals surface area contributed by atoms with Gasteiger partial charge in [-0.15, -0.1) is 0 Å². The number of pyridine rings is 1. The van der Waals surface area contributed by atoms with Gasteiger partial charge in [0.15, 0.2) is 0 Å². The third-order valence-corrected chi connectivity index (χ3v) is 15.1. The molecule has 6 nitrogen and oxygen atoms in total. The Labute approximate surface area is 463 Å². The molecule has 3 heterocycles. The molecule has 0 saturated heterocycles. The zero-order valence-electron chi connectivity index (χ0n) is 46.9. The van der Waals surface area contributed by atoms with E-state index in [1.165, 1.54) is 0 Å². The van der Waals surface area contributed by atoms with Crippen LogP contribution in [0, 0.1) is 17.5 Å². The van der Waals surface area contributed by atoms with Gasteiger partial charge in [-0.05, 0) is 18.2 Å². The summed E-state index contributed by atoms with van der Waals surface area (Å²) in [5.74, 6) is 0.967. The predicted molar refractivity (Wildman–Crippen MR) is 310 cm³/mol. The van der Waals surface area contributed by atoms with Crippen LogP contribution in [0.5, 0.6) is 11.6 Å². The topological polar surface area (TPSA) is 38.5 Å². The molecular weight excluding hydrogens is 1110 g/mol. The van der Waals surface area contributed by atoms with Gasteiger partial charge in [-0.2, -0.15) is 0 Å². The second kappa shape index (κ2) is 20.0. The number of para-hydroxylation sites is 6. The number of hydrogen-bond donors (Lipinski definition) is 0. The van der Waals surface area contributed by atoms with Crippen molar-refractivity contribution in [1.82, 2.24) is 14.1 Å². The molecule has 0 aliphatic carbocycles. The Morgan fingerprint density at radius 3 is 1.71 bits per heavy atom. The fourth-order valence-electron chi connectivity index (χ4n) is 10.7. The number of rotatable bonds is 11. The Bertz CT molecular complexity index is 4390. The molecular formula is C68H50BN5OPt. The molecule has 0 bridgehead atoms. The fourth-order valence-corrected chi connectivity index (χ4v) is 11.8. The van der Waals surface area contributed by atoms with Gasteiger partial charge >= 0.3 is 381 Å². The number of imidazole rings is 1. The summed E-state index contributed by atoms with van der Waals surface area (Å²) in [4.78, 5) is 9.80. The van der Waals surface area contributed by atoms with Crippen molar-refractivity contribution in [3.05, 3.63) is 282 Å². The minimum atomic E-state index is -2.59. The maximum atomic E-state index is 9.17. The molecule has 2 aromatic heterocycles. The van der Waals surface area contributed by atoms with Crippen LogP contribution in [0.1, 0.15) is 19.4 Å². The molecule has 12 aromatic rings. The second-order valence-corrected chi connectivity index (χ2v) is 19.7. The predicted octanol–water partition coefficient (Wildman–Crippen LogP) is 16.7. The van der Waals surface area contributed by atoms with E-state index in [0.29, 0.717) is 22.7 Å². The van der Waals surface area contributed by atoms with Crippen LogP contribution in [0.3, 0.4) is 0 Å². The molecule has 366 valence electrons. The van der Waals surface area contributed by atoms with E-state index >= 15 is 0 Å². The molecule has 0 unspecified atom stereocenters. The van der Waals surface area contributed by atoms with Gasteiger partial charge in [0.2, 0.25) is 0 Å². The van der Waals surface area contributed by atoms with Crippen molar-refractivity contribution in [3.8, 4) is 67.5 Å². The Balaban J connectivity index is 0.987. The first-order valence-electron chi connectivity index (χ1n) is 28.1. The van der Waals surface area contributed by atoms with E-state index in [4.69, 9.17) is 13.8 Å². The van der Waals surface area contributed by atoms with Crippen molar-refractivity contribution < 1.29 is 32.3 Å². The first kappa shape index (κ1) is 40.4. The van der Waals surface area contributed by atoms with Crippen LogP contribution in [0.4, 0.5) is 22.9 Å². The summed E-state index contributed by atoms with van der Waals surface area (Å²) >= 11 is 2.39. The maximum absolute atomic E-state index is 9.17. The van der Waals surface area contributed by atoms with Gasteiger partial charge in [0.05, 0.1) is 0 Å². The number of hydrogen-bond acceptors (Lipinski definition) is 4. The molecule has 76 heavy (non-hydrogen) atoms. The van der Waals surface area contributed by atoms with Crippen LogP contribution in [-0.2, 0) is 19.4 Å². The van der Waals surface area contributed by atoms with Gasteiger partial charge < -0.3 is 0 Å². The number of ether oxygens (including phenoxy) is 1. The van der Waals surface area contributed by atoms with E-state index in [-0.39, 0.29) is 17.0 Å². The van der Waals surface area contributed by atoms with Gasteiger partial charge in [-0.1, -0.05) is 60.7 Å².